The third-order valence-electron chi connectivity index (χ3n) is 4.60. The van der Waals surface area contributed by atoms with E-state index in [9.17, 15) is 4.79 Å². The molecular weight excluding hydrogens is 390 g/mol. The number of rotatable bonds is 5. The van der Waals surface area contributed by atoms with Gasteiger partial charge in [0.1, 0.15) is 11.5 Å². The van der Waals surface area contributed by atoms with Gasteiger partial charge in [0.2, 0.25) is 5.13 Å². The summed E-state index contributed by atoms with van der Waals surface area (Å²) in [5.74, 6) is 1.42. The van der Waals surface area contributed by atoms with E-state index in [-0.39, 0.29) is 5.91 Å². The number of hydrogen-bond donors (Lipinski definition) is 1. The summed E-state index contributed by atoms with van der Waals surface area (Å²) in [6, 6.07) is 10.8. The smallest absolute Gasteiger partial charge is 0.261 e. The fourth-order valence-electron chi connectivity index (χ4n) is 3.08. The molecule has 1 aliphatic heterocycles. The molecule has 1 aromatic carbocycles. The standard InChI is InChI=1S/C20H19N5O3S/c1-13-16(10-17(28-13)15-4-2-3-14(9-15)11-21)19(26)23-20-22-18(24-29-20)12-25-5-7-27-8-6-25/h2-4,9-10H,5-8,12H2,1H3,(H,22,23,24,26). The maximum Gasteiger partial charge on any atom is 0.261 e. The van der Waals surface area contributed by atoms with Crippen LogP contribution in [0.15, 0.2) is 34.7 Å². The monoisotopic (exact) mass is 409 g/mol. The number of aromatic nitrogens is 2. The van der Waals surface area contributed by atoms with Gasteiger partial charge in [0.05, 0.1) is 37.0 Å². The van der Waals surface area contributed by atoms with Crippen LogP contribution in [-0.4, -0.2) is 46.5 Å². The molecule has 3 aromatic rings. The number of amides is 1. The van der Waals surface area contributed by atoms with Crippen molar-refractivity contribution in [1.29, 1.82) is 5.26 Å². The van der Waals surface area contributed by atoms with Crippen molar-refractivity contribution >= 4 is 22.6 Å². The lowest BCUT2D eigenvalue weighted by molar-refractivity contribution is 0.0332. The van der Waals surface area contributed by atoms with E-state index in [1.165, 1.54) is 0 Å². The van der Waals surface area contributed by atoms with E-state index >= 15 is 0 Å². The number of nitrogens with one attached hydrogen (secondary N) is 1. The van der Waals surface area contributed by atoms with Crippen LogP contribution in [0.1, 0.15) is 27.5 Å². The van der Waals surface area contributed by atoms with Gasteiger partial charge in [-0.15, -0.1) is 0 Å². The van der Waals surface area contributed by atoms with Gasteiger partial charge < -0.3 is 9.15 Å². The highest BCUT2D eigenvalue weighted by Gasteiger charge is 2.19. The molecule has 0 spiro atoms. The minimum absolute atomic E-state index is 0.303. The molecule has 1 fully saturated rings. The summed E-state index contributed by atoms with van der Waals surface area (Å²) in [4.78, 5) is 19.3. The summed E-state index contributed by atoms with van der Waals surface area (Å²) >= 11 is 1.16. The van der Waals surface area contributed by atoms with E-state index in [1.807, 2.05) is 6.07 Å². The van der Waals surface area contributed by atoms with E-state index in [4.69, 9.17) is 14.4 Å². The van der Waals surface area contributed by atoms with Gasteiger partial charge in [-0.1, -0.05) is 12.1 Å². The van der Waals surface area contributed by atoms with Crippen LogP contribution in [0.5, 0.6) is 0 Å². The summed E-state index contributed by atoms with van der Waals surface area (Å²) in [6.07, 6.45) is 0. The van der Waals surface area contributed by atoms with Crippen LogP contribution in [0, 0.1) is 18.3 Å². The van der Waals surface area contributed by atoms with E-state index in [0.717, 1.165) is 30.2 Å². The molecule has 0 radical (unpaired) electrons. The minimum atomic E-state index is -0.303. The van der Waals surface area contributed by atoms with Crippen molar-refractivity contribution in [2.75, 3.05) is 31.6 Å². The Morgan fingerprint density at radius 2 is 2.17 bits per heavy atom. The maximum absolute atomic E-state index is 12.7. The van der Waals surface area contributed by atoms with Gasteiger partial charge in [-0.05, 0) is 25.1 Å². The second kappa shape index (κ2) is 8.53. The molecule has 0 bridgehead atoms. The second-order valence-electron chi connectivity index (χ2n) is 6.63. The summed E-state index contributed by atoms with van der Waals surface area (Å²) < 4.78 is 15.4. The molecule has 29 heavy (non-hydrogen) atoms. The SMILES string of the molecule is Cc1oc(-c2cccc(C#N)c2)cc1C(=O)Nc1nc(CN2CCOCC2)ns1. The number of aryl methyl sites for hydroxylation is 1. The first-order valence-electron chi connectivity index (χ1n) is 9.17. The van der Waals surface area contributed by atoms with Gasteiger partial charge >= 0.3 is 0 Å². The van der Waals surface area contributed by atoms with Gasteiger partial charge in [0.25, 0.3) is 5.91 Å². The maximum atomic E-state index is 12.7. The van der Waals surface area contributed by atoms with Gasteiger partial charge in [0, 0.05) is 30.2 Å². The molecule has 0 saturated carbocycles. The van der Waals surface area contributed by atoms with E-state index in [0.29, 0.717) is 53.4 Å². The quantitative estimate of drug-likeness (QED) is 0.690. The molecule has 1 N–H and O–H groups in total. The number of carbonyl (C=O) groups is 1. The molecule has 1 aliphatic rings. The lowest BCUT2D eigenvalue weighted by atomic mass is 10.1. The Hall–Kier alpha value is -3.06. The Bertz CT molecular complexity index is 1060. The van der Waals surface area contributed by atoms with Crippen LogP contribution in [0.25, 0.3) is 11.3 Å². The van der Waals surface area contributed by atoms with E-state index < -0.39 is 0 Å². The topological polar surface area (TPSA) is 104 Å². The largest absolute Gasteiger partial charge is 0.461 e. The zero-order chi connectivity index (χ0) is 20.2. The van der Waals surface area contributed by atoms with Crippen molar-refractivity contribution in [3.63, 3.8) is 0 Å². The first kappa shape index (κ1) is 19.3. The van der Waals surface area contributed by atoms with Crippen LogP contribution in [0.2, 0.25) is 0 Å². The lowest BCUT2D eigenvalue weighted by Gasteiger charge is -2.25. The van der Waals surface area contributed by atoms with Crippen LogP contribution in [-0.2, 0) is 11.3 Å². The molecule has 1 amide bonds. The average Bonchev–Trinajstić information content (AvgIpc) is 3.35. The highest BCUT2D eigenvalue weighted by Crippen LogP contribution is 2.27. The van der Waals surface area contributed by atoms with E-state index in [2.05, 4.69) is 25.6 Å². The molecule has 148 valence electrons. The predicted molar refractivity (Wildman–Crippen MR) is 108 cm³/mol. The van der Waals surface area contributed by atoms with Crippen molar-refractivity contribution in [2.45, 2.75) is 13.5 Å². The Morgan fingerprint density at radius 1 is 1.34 bits per heavy atom. The molecule has 0 unspecified atom stereocenters. The Morgan fingerprint density at radius 3 is 2.97 bits per heavy atom. The van der Waals surface area contributed by atoms with Gasteiger partial charge in [0.15, 0.2) is 5.82 Å². The number of ether oxygens (including phenoxy) is 1. The Labute approximate surface area is 171 Å². The molecule has 2 aromatic heterocycles. The summed E-state index contributed by atoms with van der Waals surface area (Å²) in [6.45, 7) is 5.51. The predicted octanol–water partition coefficient (Wildman–Crippen LogP) is 3.06. The van der Waals surface area contributed by atoms with Crippen LogP contribution < -0.4 is 5.32 Å². The Balaban J connectivity index is 1.45. The van der Waals surface area contributed by atoms with Crippen molar-refractivity contribution in [3.05, 3.63) is 53.0 Å². The first-order valence-corrected chi connectivity index (χ1v) is 9.95. The normalized spacial score (nSPS) is 14.5. The molecule has 9 heteroatoms. The first-order chi connectivity index (χ1) is 14.1. The van der Waals surface area contributed by atoms with Crippen molar-refractivity contribution in [2.24, 2.45) is 0 Å². The number of nitriles is 1. The van der Waals surface area contributed by atoms with E-state index in [1.54, 1.807) is 31.2 Å². The highest BCUT2D eigenvalue weighted by molar-refractivity contribution is 7.09. The van der Waals surface area contributed by atoms with Gasteiger partial charge in [-0.3, -0.25) is 15.0 Å². The fraction of sp³-hybridized carbons (Fsp3) is 0.300. The number of morpholine rings is 1. The summed E-state index contributed by atoms with van der Waals surface area (Å²) in [5, 5.41) is 12.3. The molecule has 4 rings (SSSR count). The summed E-state index contributed by atoms with van der Waals surface area (Å²) in [5.41, 5.74) is 1.70. The molecule has 1 saturated heterocycles. The van der Waals surface area contributed by atoms with Crippen LogP contribution >= 0.6 is 11.5 Å². The number of carbonyl (C=O) groups excluding carboxylic acids is 1. The fourth-order valence-corrected chi connectivity index (χ4v) is 3.66. The van der Waals surface area contributed by atoms with Gasteiger partial charge in [-0.2, -0.15) is 9.64 Å². The third kappa shape index (κ3) is 4.51. The zero-order valence-corrected chi connectivity index (χ0v) is 16.7. The van der Waals surface area contributed by atoms with Gasteiger partial charge in [-0.25, -0.2) is 4.98 Å². The lowest BCUT2D eigenvalue weighted by Crippen LogP contribution is -2.35. The third-order valence-corrected chi connectivity index (χ3v) is 5.26. The number of furan rings is 1. The minimum Gasteiger partial charge on any atom is -0.461 e. The van der Waals surface area contributed by atoms with Crippen molar-refractivity contribution in [3.8, 4) is 17.4 Å². The van der Waals surface area contributed by atoms with Crippen molar-refractivity contribution < 1.29 is 13.9 Å². The van der Waals surface area contributed by atoms with Crippen LogP contribution in [0.3, 0.4) is 0 Å². The Kier molecular flexibility index (Phi) is 5.67. The number of anilines is 1. The average molecular weight is 409 g/mol. The van der Waals surface area contributed by atoms with Crippen molar-refractivity contribution in [1.82, 2.24) is 14.3 Å². The molecule has 0 atom stereocenters. The highest BCUT2D eigenvalue weighted by atomic mass is 32.1. The number of benzene rings is 1. The molecular formula is C20H19N5O3S. The second-order valence-corrected chi connectivity index (χ2v) is 7.38. The zero-order valence-electron chi connectivity index (χ0n) is 15.8. The summed E-state index contributed by atoms with van der Waals surface area (Å²) in [7, 11) is 0. The molecule has 3 heterocycles. The molecule has 0 aliphatic carbocycles. The number of nitrogens with zero attached hydrogens (tertiary/aromatic N) is 4. The number of hydrogen-bond acceptors (Lipinski definition) is 8. The molecule has 8 nitrogen and oxygen atoms in total. The van der Waals surface area contributed by atoms with Crippen LogP contribution in [0.4, 0.5) is 5.13 Å².